The van der Waals surface area contributed by atoms with Crippen molar-refractivity contribution in [3.63, 3.8) is 0 Å². The lowest BCUT2D eigenvalue weighted by Crippen LogP contribution is -2.10. The highest BCUT2D eigenvalue weighted by Gasteiger charge is 2.28. The quantitative estimate of drug-likeness (QED) is 0.604. The molecule has 1 unspecified atom stereocenters. The third-order valence-corrected chi connectivity index (χ3v) is 4.12. The van der Waals surface area contributed by atoms with Gasteiger partial charge in [0.15, 0.2) is 0 Å². The molecule has 0 aromatic heterocycles. The van der Waals surface area contributed by atoms with E-state index in [0.29, 0.717) is 18.7 Å². The van der Waals surface area contributed by atoms with Crippen molar-refractivity contribution in [3.05, 3.63) is 34.3 Å². The Labute approximate surface area is 122 Å². The van der Waals surface area contributed by atoms with E-state index in [1.807, 2.05) is 24.3 Å². The van der Waals surface area contributed by atoms with Crippen LogP contribution in [0, 0.1) is 5.92 Å². The number of rotatable bonds is 6. The molecule has 18 heavy (non-hydrogen) atoms. The van der Waals surface area contributed by atoms with Gasteiger partial charge in [-0.05, 0) is 36.5 Å². The van der Waals surface area contributed by atoms with E-state index in [0.717, 1.165) is 10.0 Å². The Balaban J connectivity index is 2.42. The third-order valence-electron chi connectivity index (χ3n) is 2.42. The summed E-state index contributed by atoms with van der Waals surface area (Å²) >= 11 is 9.19. The first-order valence-corrected chi connectivity index (χ1v) is 7.73. The Bertz CT molecular complexity index is 371. The largest absolute Gasteiger partial charge is 0.441 e. The van der Waals surface area contributed by atoms with Crippen molar-refractivity contribution in [3.8, 4) is 0 Å². The molecule has 0 saturated heterocycles. The minimum absolute atomic E-state index is 0.0231. The van der Waals surface area contributed by atoms with Crippen LogP contribution in [0.1, 0.15) is 12.0 Å². The van der Waals surface area contributed by atoms with Gasteiger partial charge < -0.3 is 0 Å². The molecular weight excluding hydrogens is 349 g/mol. The molecule has 1 aromatic rings. The second kappa shape index (κ2) is 7.65. The van der Waals surface area contributed by atoms with E-state index in [4.69, 9.17) is 11.6 Å². The van der Waals surface area contributed by atoms with Crippen LogP contribution in [-0.4, -0.2) is 17.1 Å². The van der Waals surface area contributed by atoms with Crippen molar-refractivity contribution in [1.82, 2.24) is 0 Å². The number of alkyl halides is 4. The van der Waals surface area contributed by atoms with Gasteiger partial charge in [0.2, 0.25) is 0 Å². The molecule has 1 atom stereocenters. The summed E-state index contributed by atoms with van der Waals surface area (Å²) in [7, 11) is 0. The molecule has 0 bridgehead atoms. The fourth-order valence-electron chi connectivity index (χ4n) is 1.57. The van der Waals surface area contributed by atoms with Crippen LogP contribution in [0.2, 0.25) is 0 Å². The Kier molecular flexibility index (Phi) is 6.88. The molecule has 0 heterocycles. The fourth-order valence-corrected chi connectivity index (χ4v) is 2.97. The van der Waals surface area contributed by atoms with Crippen LogP contribution in [0.3, 0.4) is 0 Å². The second-order valence-corrected chi connectivity index (χ2v) is 6.32. The van der Waals surface area contributed by atoms with Gasteiger partial charge in [0.1, 0.15) is 0 Å². The van der Waals surface area contributed by atoms with Crippen molar-refractivity contribution in [2.45, 2.75) is 18.3 Å². The summed E-state index contributed by atoms with van der Waals surface area (Å²) in [5.41, 5.74) is -3.06. The molecule has 0 radical (unpaired) electrons. The average Bonchev–Trinajstić information content (AvgIpc) is 2.26. The molecule has 0 aliphatic rings. The molecule has 0 nitrogen and oxygen atoms in total. The zero-order valence-corrected chi connectivity index (χ0v) is 12.7. The van der Waals surface area contributed by atoms with E-state index in [2.05, 4.69) is 15.9 Å². The molecule has 0 N–H and O–H groups in total. The van der Waals surface area contributed by atoms with Gasteiger partial charge in [-0.1, -0.05) is 39.8 Å². The van der Waals surface area contributed by atoms with Crippen LogP contribution in [0.25, 0.3) is 0 Å². The normalized spacial score (nSPS) is 13.6. The molecular formula is C12H13BrClF3S. The van der Waals surface area contributed by atoms with E-state index in [1.54, 1.807) is 0 Å². The smallest absolute Gasteiger partial charge is 0.160 e. The van der Waals surface area contributed by atoms with Gasteiger partial charge in [-0.15, -0.1) is 11.6 Å². The number of halogens is 5. The van der Waals surface area contributed by atoms with Gasteiger partial charge in [-0.25, -0.2) is 0 Å². The predicted octanol–water partition coefficient (Wildman–Crippen LogP) is 5.49. The topological polar surface area (TPSA) is 0 Å². The van der Waals surface area contributed by atoms with Crippen molar-refractivity contribution in [2.24, 2.45) is 5.92 Å². The number of hydrogen-bond acceptors (Lipinski definition) is 1. The first-order valence-electron chi connectivity index (χ1n) is 5.42. The van der Waals surface area contributed by atoms with Gasteiger partial charge in [0.05, 0.1) is 0 Å². The summed E-state index contributed by atoms with van der Waals surface area (Å²) in [6, 6.07) is 7.76. The lowest BCUT2D eigenvalue weighted by molar-refractivity contribution is -0.0328. The molecule has 102 valence electrons. The SMILES string of the molecule is FC(F)(F)SCCC(CCl)Cc1cccc(Br)c1. The van der Waals surface area contributed by atoms with Gasteiger partial charge in [-0.2, -0.15) is 13.2 Å². The monoisotopic (exact) mass is 360 g/mol. The summed E-state index contributed by atoms with van der Waals surface area (Å²) in [6.07, 6.45) is 1.18. The Hall–Kier alpha value is 0.130. The first-order chi connectivity index (χ1) is 8.40. The average molecular weight is 362 g/mol. The van der Waals surface area contributed by atoms with Crippen LogP contribution < -0.4 is 0 Å². The summed E-state index contributed by atoms with van der Waals surface area (Å²) in [5, 5.41) is 0. The second-order valence-electron chi connectivity index (χ2n) is 3.94. The molecule has 0 saturated carbocycles. The Morgan fingerprint density at radius 1 is 1.33 bits per heavy atom. The lowest BCUT2D eigenvalue weighted by Gasteiger charge is -2.14. The highest BCUT2D eigenvalue weighted by Crippen LogP contribution is 2.31. The van der Waals surface area contributed by atoms with Gasteiger partial charge in [-0.3, -0.25) is 0 Å². The third kappa shape index (κ3) is 6.90. The van der Waals surface area contributed by atoms with Crippen molar-refractivity contribution in [2.75, 3.05) is 11.6 Å². The Morgan fingerprint density at radius 2 is 2.06 bits per heavy atom. The minimum atomic E-state index is -4.15. The zero-order valence-electron chi connectivity index (χ0n) is 9.51. The molecule has 1 rings (SSSR count). The van der Waals surface area contributed by atoms with Gasteiger partial charge in [0, 0.05) is 16.1 Å². The number of hydrogen-bond donors (Lipinski definition) is 0. The summed E-state index contributed by atoms with van der Waals surface area (Å²) < 4.78 is 37.0. The summed E-state index contributed by atoms with van der Waals surface area (Å²) in [6.45, 7) is 0. The van der Waals surface area contributed by atoms with E-state index in [1.165, 1.54) is 0 Å². The van der Waals surface area contributed by atoms with Crippen LogP contribution in [-0.2, 0) is 6.42 Å². The number of benzene rings is 1. The predicted molar refractivity (Wildman–Crippen MR) is 75.2 cm³/mol. The molecule has 0 amide bonds. The number of thioether (sulfide) groups is 1. The maximum atomic E-state index is 12.0. The molecule has 1 aromatic carbocycles. The lowest BCUT2D eigenvalue weighted by atomic mass is 9.99. The summed E-state index contributed by atoms with van der Waals surface area (Å²) in [4.78, 5) is 0. The highest BCUT2D eigenvalue weighted by atomic mass is 79.9. The maximum absolute atomic E-state index is 12.0. The van der Waals surface area contributed by atoms with Gasteiger partial charge in [0.25, 0.3) is 0 Å². The van der Waals surface area contributed by atoms with Gasteiger partial charge >= 0.3 is 5.51 Å². The standard InChI is InChI=1S/C12H13BrClF3S/c13-11-3-1-2-9(7-11)6-10(8-14)4-5-18-12(15,16)17/h1-3,7,10H,4-6,8H2. The van der Waals surface area contributed by atoms with Crippen molar-refractivity contribution < 1.29 is 13.2 Å². The fraction of sp³-hybridized carbons (Fsp3) is 0.500. The van der Waals surface area contributed by atoms with Crippen LogP contribution >= 0.6 is 39.3 Å². The Morgan fingerprint density at radius 3 is 2.61 bits per heavy atom. The maximum Gasteiger partial charge on any atom is 0.441 e. The minimum Gasteiger partial charge on any atom is -0.160 e. The molecule has 0 fully saturated rings. The van der Waals surface area contributed by atoms with Crippen molar-refractivity contribution in [1.29, 1.82) is 0 Å². The highest BCUT2D eigenvalue weighted by molar-refractivity contribution is 9.10. The van der Waals surface area contributed by atoms with E-state index < -0.39 is 5.51 Å². The van der Waals surface area contributed by atoms with Crippen LogP contribution in [0.15, 0.2) is 28.7 Å². The molecule has 0 aliphatic carbocycles. The molecule has 0 aliphatic heterocycles. The summed E-state index contributed by atoms with van der Waals surface area (Å²) in [5.74, 6) is 0.524. The van der Waals surface area contributed by atoms with E-state index >= 15 is 0 Å². The van der Waals surface area contributed by atoms with Crippen molar-refractivity contribution >= 4 is 39.3 Å². The van der Waals surface area contributed by atoms with E-state index in [9.17, 15) is 13.2 Å². The first kappa shape index (κ1) is 16.2. The molecule has 0 spiro atoms. The molecule has 6 heteroatoms. The zero-order chi connectivity index (χ0) is 13.6. The van der Waals surface area contributed by atoms with Crippen LogP contribution in [0.5, 0.6) is 0 Å². The van der Waals surface area contributed by atoms with E-state index in [-0.39, 0.29) is 23.4 Å². The van der Waals surface area contributed by atoms with Crippen LogP contribution in [0.4, 0.5) is 13.2 Å².